The van der Waals surface area contributed by atoms with E-state index in [1.165, 1.54) is 0 Å². The van der Waals surface area contributed by atoms with Crippen molar-refractivity contribution in [3.63, 3.8) is 0 Å². The van der Waals surface area contributed by atoms with E-state index in [-0.39, 0.29) is 5.91 Å². The molecule has 2 aromatic carbocycles. The highest BCUT2D eigenvalue weighted by Gasteiger charge is 2.15. The fourth-order valence-electron chi connectivity index (χ4n) is 3.69. The Bertz CT molecular complexity index is 1510. The standard InChI is InChI=1S/C26H23N7O/c1-16-6-4-8-20(12-16)28-26(34)18-10-9-17(2)22(13-18)29-24-21-15-33(3)32-25(21)31-23(30-24)19-7-5-11-27-14-19/h4-15H,1-3H3,(H,28,34)(H,29,30,31,32). The molecular weight excluding hydrogens is 426 g/mol. The lowest BCUT2D eigenvalue weighted by atomic mass is 10.1. The minimum Gasteiger partial charge on any atom is -0.339 e. The van der Waals surface area contributed by atoms with E-state index in [9.17, 15) is 4.79 Å². The van der Waals surface area contributed by atoms with Gasteiger partial charge in [0.15, 0.2) is 11.5 Å². The van der Waals surface area contributed by atoms with Gasteiger partial charge in [-0.2, -0.15) is 5.10 Å². The van der Waals surface area contributed by atoms with Gasteiger partial charge in [0, 0.05) is 48.1 Å². The van der Waals surface area contributed by atoms with Gasteiger partial charge in [-0.05, 0) is 61.4 Å². The Hall–Kier alpha value is -4.59. The monoisotopic (exact) mass is 449 g/mol. The molecule has 1 amide bonds. The number of rotatable bonds is 5. The normalized spacial score (nSPS) is 10.9. The molecule has 0 bridgehead atoms. The molecule has 8 nitrogen and oxygen atoms in total. The Morgan fingerprint density at radius 2 is 1.88 bits per heavy atom. The highest BCUT2D eigenvalue weighted by Crippen LogP contribution is 2.28. The molecule has 3 heterocycles. The van der Waals surface area contributed by atoms with Gasteiger partial charge in [-0.3, -0.25) is 14.5 Å². The average Bonchev–Trinajstić information content (AvgIpc) is 3.21. The van der Waals surface area contributed by atoms with Crippen LogP contribution in [-0.2, 0) is 7.05 Å². The summed E-state index contributed by atoms with van der Waals surface area (Å²) in [6.45, 7) is 3.97. The molecule has 0 aliphatic heterocycles. The molecule has 0 radical (unpaired) electrons. The summed E-state index contributed by atoms with van der Waals surface area (Å²) in [5, 5.41) is 11.6. The molecule has 0 saturated heterocycles. The molecule has 5 rings (SSSR count). The van der Waals surface area contributed by atoms with Crippen molar-refractivity contribution in [2.75, 3.05) is 10.6 Å². The Morgan fingerprint density at radius 3 is 2.68 bits per heavy atom. The molecule has 0 saturated carbocycles. The molecule has 0 fully saturated rings. The molecular formula is C26H23N7O. The second-order valence-corrected chi connectivity index (χ2v) is 8.16. The molecule has 168 valence electrons. The van der Waals surface area contributed by atoms with Gasteiger partial charge < -0.3 is 10.6 Å². The molecule has 0 spiro atoms. The van der Waals surface area contributed by atoms with E-state index in [1.807, 2.05) is 81.7 Å². The summed E-state index contributed by atoms with van der Waals surface area (Å²) < 4.78 is 1.70. The second-order valence-electron chi connectivity index (χ2n) is 8.16. The van der Waals surface area contributed by atoms with E-state index in [1.54, 1.807) is 17.1 Å². The number of nitrogens with one attached hydrogen (secondary N) is 2. The molecule has 0 aliphatic carbocycles. The predicted molar refractivity (Wildman–Crippen MR) is 133 cm³/mol. The van der Waals surface area contributed by atoms with Crippen LogP contribution in [-0.4, -0.2) is 30.6 Å². The first-order valence-electron chi connectivity index (χ1n) is 10.8. The SMILES string of the molecule is Cc1cccc(NC(=O)c2ccc(C)c(Nc3nc(-c4cccnc4)nc4nn(C)cc34)c2)c1. The number of aryl methyl sites for hydroxylation is 3. The fraction of sp³-hybridized carbons (Fsp3) is 0.115. The number of anilines is 3. The number of benzene rings is 2. The maximum Gasteiger partial charge on any atom is 0.255 e. The van der Waals surface area contributed by atoms with E-state index in [0.717, 1.165) is 33.5 Å². The second kappa shape index (κ2) is 8.74. The van der Waals surface area contributed by atoms with Crippen LogP contribution < -0.4 is 10.6 Å². The van der Waals surface area contributed by atoms with E-state index in [0.29, 0.717) is 22.9 Å². The van der Waals surface area contributed by atoms with Crippen molar-refractivity contribution in [3.8, 4) is 11.4 Å². The number of pyridine rings is 1. The van der Waals surface area contributed by atoms with E-state index in [2.05, 4.69) is 25.7 Å². The Balaban J connectivity index is 1.50. The summed E-state index contributed by atoms with van der Waals surface area (Å²) in [6, 6.07) is 17.0. The van der Waals surface area contributed by atoms with Crippen LogP contribution >= 0.6 is 0 Å². The maximum atomic E-state index is 12.9. The minimum atomic E-state index is -0.182. The van der Waals surface area contributed by atoms with Crippen molar-refractivity contribution >= 4 is 34.1 Å². The van der Waals surface area contributed by atoms with Gasteiger partial charge in [0.25, 0.3) is 5.91 Å². The van der Waals surface area contributed by atoms with Gasteiger partial charge in [-0.25, -0.2) is 9.97 Å². The number of nitrogens with zero attached hydrogens (tertiary/aromatic N) is 5. The average molecular weight is 450 g/mol. The summed E-state index contributed by atoms with van der Waals surface area (Å²) in [6.07, 6.45) is 5.29. The summed E-state index contributed by atoms with van der Waals surface area (Å²) in [7, 11) is 1.84. The van der Waals surface area contributed by atoms with Crippen LogP contribution in [0.4, 0.5) is 17.2 Å². The van der Waals surface area contributed by atoms with Crippen LogP contribution in [0.2, 0.25) is 0 Å². The van der Waals surface area contributed by atoms with Crippen molar-refractivity contribution in [2.24, 2.45) is 7.05 Å². The first-order chi connectivity index (χ1) is 16.5. The Morgan fingerprint density at radius 1 is 1.00 bits per heavy atom. The van der Waals surface area contributed by atoms with Gasteiger partial charge in [0.2, 0.25) is 0 Å². The third-order valence-corrected chi connectivity index (χ3v) is 5.44. The molecule has 8 heteroatoms. The van der Waals surface area contributed by atoms with Crippen LogP contribution in [0.5, 0.6) is 0 Å². The Labute approximate surface area is 196 Å². The molecule has 34 heavy (non-hydrogen) atoms. The van der Waals surface area contributed by atoms with Crippen LogP contribution in [0.3, 0.4) is 0 Å². The highest BCUT2D eigenvalue weighted by molar-refractivity contribution is 6.05. The molecule has 0 atom stereocenters. The summed E-state index contributed by atoms with van der Waals surface area (Å²) >= 11 is 0. The zero-order chi connectivity index (χ0) is 23.7. The topological polar surface area (TPSA) is 97.6 Å². The van der Waals surface area contributed by atoms with Gasteiger partial charge in [-0.1, -0.05) is 18.2 Å². The summed E-state index contributed by atoms with van der Waals surface area (Å²) in [4.78, 5) is 26.4. The van der Waals surface area contributed by atoms with Crippen LogP contribution in [0.15, 0.2) is 73.2 Å². The molecule has 2 N–H and O–H groups in total. The summed E-state index contributed by atoms with van der Waals surface area (Å²) in [5.74, 6) is 0.947. The number of hydrogen-bond acceptors (Lipinski definition) is 6. The highest BCUT2D eigenvalue weighted by atomic mass is 16.1. The van der Waals surface area contributed by atoms with E-state index >= 15 is 0 Å². The first kappa shape index (κ1) is 21.3. The zero-order valence-corrected chi connectivity index (χ0v) is 19.1. The van der Waals surface area contributed by atoms with Gasteiger partial charge in [0.1, 0.15) is 5.82 Å². The molecule has 0 unspecified atom stereocenters. The van der Waals surface area contributed by atoms with Crippen molar-refractivity contribution in [2.45, 2.75) is 13.8 Å². The number of fused-ring (bicyclic) bond motifs is 1. The van der Waals surface area contributed by atoms with Crippen molar-refractivity contribution in [1.82, 2.24) is 24.7 Å². The predicted octanol–water partition coefficient (Wildman–Crippen LogP) is 5.04. The number of amides is 1. The number of aromatic nitrogens is 5. The molecule has 3 aromatic heterocycles. The van der Waals surface area contributed by atoms with Gasteiger partial charge in [0.05, 0.1) is 5.39 Å². The molecule has 5 aromatic rings. The van der Waals surface area contributed by atoms with Gasteiger partial charge >= 0.3 is 0 Å². The number of hydrogen-bond donors (Lipinski definition) is 2. The third-order valence-electron chi connectivity index (χ3n) is 5.44. The molecule has 0 aliphatic rings. The van der Waals surface area contributed by atoms with Crippen molar-refractivity contribution < 1.29 is 4.79 Å². The Kier molecular flexibility index (Phi) is 5.47. The maximum absolute atomic E-state index is 12.9. The quantitative estimate of drug-likeness (QED) is 0.390. The van der Waals surface area contributed by atoms with E-state index < -0.39 is 0 Å². The smallest absolute Gasteiger partial charge is 0.255 e. The first-order valence-corrected chi connectivity index (χ1v) is 10.8. The van der Waals surface area contributed by atoms with Crippen molar-refractivity contribution in [1.29, 1.82) is 0 Å². The number of carbonyl (C=O) groups is 1. The van der Waals surface area contributed by atoms with Gasteiger partial charge in [-0.15, -0.1) is 0 Å². The lowest BCUT2D eigenvalue weighted by Crippen LogP contribution is -2.12. The number of carbonyl (C=O) groups excluding carboxylic acids is 1. The van der Waals surface area contributed by atoms with Crippen LogP contribution in [0.1, 0.15) is 21.5 Å². The lowest BCUT2D eigenvalue weighted by Gasteiger charge is -2.13. The minimum absolute atomic E-state index is 0.182. The zero-order valence-electron chi connectivity index (χ0n) is 19.1. The van der Waals surface area contributed by atoms with Crippen molar-refractivity contribution in [3.05, 3.63) is 89.9 Å². The van der Waals surface area contributed by atoms with Crippen LogP contribution in [0.25, 0.3) is 22.4 Å². The van der Waals surface area contributed by atoms with E-state index in [4.69, 9.17) is 4.98 Å². The van der Waals surface area contributed by atoms with Crippen LogP contribution in [0, 0.1) is 13.8 Å². The fourth-order valence-corrected chi connectivity index (χ4v) is 3.69. The summed E-state index contributed by atoms with van der Waals surface area (Å²) in [5.41, 5.74) is 5.50. The third kappa shape index (κ3) is 4.33. The lowest BCUT2D eigenvalue weighted by molar-refractivity contribution is 0.102. The largest absolute Gasteiger partial charge is 0.339 e.